The van der Waals surface area contributed by atoms with Gasteiger partial charge >= 0.3 is 5.97 Å². The molecule has 0 saturated carbocycles. The average molecular weight is 448 g/mol. The van der Waals surface area contributed by atoms with Crippen molar-refractivity contribution in [3.8, 4) is 5.75 Å². The Morgan fingerprint density at radius 2 is 1.70 bits per heavy atom. The molecule has 3 aromatic rings. The van der Waals surface area contributed by atoms with Crippen LogP contribution in [0.2, 0.25) is 0 Å². The van der Waals surface area contributed by atoms with E-state index >= 15 is 0 Å². The smallest absolute Gasteiger partial charge is 0.312 e. The highest BCUT2D eigenvalue weighted by molar-refractivity contribution is 6.04. The number of carbonyl (C=O) groups excluding carboxylic acids is 2. The van der Waals surface area contributed by atoms with Gasteiger partial charge in [-0.2, -0.15) is 5.10 Å². The summed E-state index contributed by atoms with van der Waals surface area (Å²) in [7, 11) is 0. The average Bonchev–Trinajstić information content (AvgIpc) is 3.28. The van der Waals surface area contributed by atoms with Crippen LogP contribution in [0.15, 0.2) is 48.5 Å². The number of aromatic amines is 1. The fourth-order valence-electron chi connectivity index (χ4n) is 5.04. The third-order valence-corrected chi connectivity index (χ3v) is 7.01. The number of aromatic nitrogens is 2. The van der Waals surface area contributed by atoms with Crippen molar-refractivity contribution in [3.63, 3.8) is 0 Å². The topological polar surface area (TPSA) is 84.5 Å². The Morgan fingerprint density at radius 3 is 2.58 bits per heavy atom. The van der Waals surface area contributed by atoms with Gasteiger partial charge in [0.25, 0.3) is 5.91 Å². The normalized spacial score (nSPS) is 19.2. The monoisotopic (exact) mass is 447 g/mol. The molecule has 1 N–H and O–H groups in total. The summed E-state index contributed by atoms with van der Waals surface area (Å²) >= 11 is 0. The Hall–Kier alpha value is -3.35. The highest BCUT2D eigenvalue weighted by Gasteiger charge is 2.43. The van der Waals surface area contributed by atoms with Crippen LogP contribution in [0, 0.1) is 5.41 Å². The lowest BCUT2D eigenvalue weighted by molar-refractivity contribution is -0.160. The van der Waals surface area contributed by atoms with Gasteiger partial charge in [0.1, 0.15) is 19.0 Å². The number of likely N-dealkylation sites (tertiary alicyclic amines) is 1. The first-order valence-electron chi connectivity index (χ1n) is 11.8. The number of benzene rings is 2. The zero-order chi connectivity index (χ0) is 22.7. The maximum Gasteiger partial charge on any atom is 0.312 e. The molecule has 0 atom stereocenters. The van der Waals surface area contributed by atoms with E-state index in [4.69, 9.17) is 9.47 Å². The minimum absolute atomic E-state index is 0.0890. The largest absolute Gasteiger partial charge is 0.490 e. The van der Waals surface area contributed by atoms with Crippen molar-refractivity contribution in [2.24, 2.45) is 5.41 Å². The number of piperidine rings is 1. The number of para-hydroxylation sites is 2. The molecule has 0 unspecified atom stereocenters. The fraction of sp³-hybridized carbons (Fsp3) is 0.423. The highest BCUT2D eigenvalue weighted by atomic mass is 16.6. The van der Waals surface area contributed by atoms with E-state index in [1.165, 1.54) is 5.56 Å². The highest BCUT2D eigenvalue weighted by Crippen LogP contribution is 2.39. The molecule has 3 heterocycles. The first-order chi connectivity index (χ1) is 16.2. The second-order valence-electron chi connectivity index (χ2n) is 8.99. The molecule has 7 heteroatoms. The van der Waals surface area contributed by atoms with Crippen LogP contribution in [0.4, 0.5) is 0 Å². The third kappa shape index (κ3) is 4.32. The molecule has 33 heavy (non-hydrogen) atoms. The Balaban J connectivity index is 1.27. The summed E-state index contributed by atoms with van der Waals surface area (Å²) in [4.78, 5) is 28.1. The molecule has 1 spiro atoms. The van der Waals surface area contributed by atoms with Gasteiger partial charge < -0.3 is 14.4 Å². The van der Waals surface area contributed by atoms with Gasteiger partial charge in [0.05, 0.1) is 10.9 Å². The first-order valence-corrected chi connectivity index (χ1v) is 11.8. The summed E-state index contributed by atoms with van der Waals surface area (Å²) in [6.45, 7) is 1.62. The number of esters is 1. The van der Waals surface area contributed by atoms with Crippen LogP contribution < -0.4 is 4.74 Å². The van der Waals surface area contributed by atoms with E-state index < -0.39 is 5.41 Å². The van der Waals surface area contributed by atoms with Gasteiger partial charge in [0.2, 0.25) is 0 Å². The number of ether oxygens (including phenoxy) is 2. The van der Waals surface area contributed by atoms with Gasteiger partial charge in [-0.05, 0) is 49.8 Å². The molecule has 1 aromatic heterocycles. The summed E-state index contributed by atoms with van der Waals surface area (Å²) in [5, 5.41) is 8.02. The van der Waals surface area contributed by atoms with Gasteiger partial charge in [0.15, 0.2) is 5.69 Å². The Bertz CT molecular complexity index is 1150. The van der Waals surface area contributed by atoms with Crippen molar-refractivity contribution in [3.05, 3.63) is 59.8 Å². The molecule has 0 radical (unpaired) electrons. The summed E-state index contributed by atoms with van der Waals surface area (Å²) in [5.41, 5.74) is 1.95. The van der Waals surface area contributed by atoms with Gasteiger partial charge in [-0.3, -0.25) is 14.7 Å². The zero-order valence-corrected chi connectivity index (χ0v) is 18.7. The molecule has 172 valence electrons. The summed E-state index contributed by atoms with van der Waals surface area (Å²) in [6, 6.07) is 15.7. The second-order valence-corrected chi connectivity index (χ2v) is 8.99. The van der Waals surface area contributed by atoms with Crippen LogP contribution in [0.25, 0.3) is 10.9 Å². The minimum Gasteiger partial charge on any atom is -0.490 e. The number of aryl methyl sites for hydroxylation is 1. The number of carbonyl (C=O) groups is 2. The van der Waals surface area contributed by atoms with E-state index in [9.17, 15) is 9.59 Å². The van der Waals surface area contributed by atoms with Crippen molar-refractivity contribution in [1.29, 1.82) is 0 Å². The maximum absolute atomic E-state index is 13.2. The van der Waals surface area contributed by atoms with E-state index in [1.54, 1.807) is 0 Å². The summed E-state index contributed by atoms with van der Waals surface area (Å²) in [5.74, 6) is 0.632. The number of nitrogens with one attached hydrogen (secondary N) is 1. The molecule has 1 fully saturated rings. The molecule has 1 saturated heterocycles. The SMILES string of the molecule is O=C(c1n[nH]c2ccccc12)N1CCC2(CCCCc3ccccc3OCCOC2=O)CC1. The number of cyclic esters (lactones) is 1. The lowest BCUT2D eigenvalue weighted by Gasteiger charge is -2.40. The van der Waals surface area contributed by atoms with E-state index in [-0.39, 0.29) is 18.5 Å². The maximum atomic E-state index is 13.2. The zero-order valence-electron chi connectivity index (χ0n) is 18.7. The molecule has 0 aliphatic carbocycles. The van der Waals surface area contributed by atoms with Crippen LogP contribution in [-0.2, 0) is 16.0 Å². The molecule has 0 bridgehead atoms. The van der Waals surface area contributed by atoms with Crippen molar-refractivity contribution < 1.29 is 19.1 Å². The number of hydrogen-bond acceptors (Lipinski definition) is 5. The van der Waals surface area contributed by atoms with Crippen molar-refractivity contribution >= 4 is 22.8 Å². The van der Waals surface area contributed by atoms with E-state index in [1.807, 2.05) is 47.4 Å². The van der Waals surface area contributed by atoms with Crippen molar-refractivity contribution in [1.82, 2.24) is 15.1 Å². The first kappa shape index (κ1) is 21.5. The summed E-state index contributed by atoms with van der Waals surface area (Å²) in [6.07, 6.45) is 4.84. The summed E-state index contributed by atoms with van der Waals surface area (Å²) < 4.78 is 11.5. The lowest BCUT2D eigenvalue weighted by Crippen LogP contribution is -2.47. The molecule has 2 aliphatic rings. The van der Waals surface area contributed by atoms with Crippen molar-refractivity contribution in [2.75, 3.05) is 26.3 Å². The van der Waals surface area contributed by atoms with Crippen LogP contribution >= 0.6 is 0 Å². The fourth-order valence-corrected chi connectivity index (χ4v) is 5.04. The number of amides is 1. The van der Waals surface area contributed by atoms with E-state index in [0.29, 0.717) is 38.2 Å². The molecule has 7 nitrogen and oxygen atoms in total. The van der Waals surface area contributed by atoms with E-state index in [2.05, 4.69) is 16.3 Å². The van der Waals surface area contributed by atoms with Crippen LogP contribution in [-0.4, -0.2) is 53.3 Å². The van der Waals surface area contributed by atoms with Gasteiger partial charge in [-0.25, -0.2) is 0 Å². The lowest BCUT2D eigenvalue weighted by atomic mass is 9.74. The molecule has 1 amide bonds. The standard InChI is InChI=1S/C26H29N3O4/c30-24(23-20-9-2-3-10-21(20)27-28-23)29-15-13-26(14-16-29)12-6-5-8-19-7-1-4-11-22(19)32-17-18-33-25(26)31/h1-4,7,9-11H,5-6,8,12-18H2,(H,27,28). The van der Waals surface area contributed by atoms with Crippen LogP contribution in [0.3, 0.4) is 0 Å². The van der Waals surface area contributed by atoms with Crippen LogP contribution in [0.5, 0.6) is 5.75 Å². The molecule has 2 aromatic carbocycles. The second kappa shape index (κ2) is 9.25. The van der Waals surface area contributed by atoms with Crippen LogP contribution in [0.1, 0.15) is 48.2 Å². The Labute approximate surface area is 193 Å². The number of hydrogen-bond donors (Lipinski definition) is 1. The van der Waals surface area contributed by atoms with Gasteiger partial charge in [-0.1, -0.05) is 42.8 Å². The third-order valence-electron chi connectivity index (χ3n) is 7.01. The Kier molecular flexibility index (Phi) is 6.03. The van der Waals surface area contributed by atoms with E-state index in [0.717, 1.165) is 42.3 Å². The van der Waals surface area contributed by atoms with Crippen molar-refractivity contribution in [2.45, 2.75) is 38.5 Å². The van der Waals surface area contributed by atoms with Gasteiger partial charge in [0, 0.05) is 18.5 Å². The number of H-pyrrole nitrogens is 1. The molecule has 5 rings (SSSR count). The quantitative estimate of drug-likeness (QED) is 0.567. The number of nitrogens with zero attached hydrogens (tertiary/aromatic N) is 2. The number of fused-ring (bicyclic) bond motifs is 2. The predicted octanol–water partition coefficient (Wildman–Crippen LogP) is 4.13. The molecular weight excluding hydrogens is 418 g/mol. The Morgan fingerprint density at radius 1 is 0.939 bits per heavy atom. The van der Waals surface area contributed by atoms with Gasteiger partial charge in [-0.15, -0.1) is 0 Å². The number of rotatable bonds is 1. The predicted molar refractivity (Wildman–Crippen MR) is 124 cm³/mol. The minimum atomic E-state index is -0.539. The molecule has 2 aliphatic heterocycles. The molecular formula is C26H29N3O4.